The number of nitrogens with two attached hydrogens (primary N) is 2. The first-order chi connectivity index (χ1) is 15.1. The number of anilines is 1. The molecule has 0 bridgehead atoms. The molecule has 1 aliphatic rings. The van der Waals surface area contributed by atoms with Crippen LogP contribution in [0.25, 0.3) is 0 Å². The molecule has 0 saturated heterocycles. The lowest BCUT2D eigenvalue weighted by Crippen LogP contribution is -2.49. The minimum absolute atomic E-state index is 0.195. The van der Waals surface area contributed by atoms with Crippen LogP contribution in [-0.2, 0) is 17.5 Å². The van der Waals surface area contributed by atoms with Gasteiger partial charge in [0, 0.05) is 32.3 Å². The van der Waals surface area contributed by atoms with E-state index in [2.05, 4.69) is 5.10 Å². The third-order valence-electron chi connectivity index (χ3n) is 5.32. The average Bonchev–Trinajstić information content (AvgIpc) is 3.21. The highest BCUT2D eigenvalue weighted by atomic mass is 35.5. The molecule has 1 aromatic carbocycles. The second-order valence-corrected chi connectivity index (χ2v) is 7.67. The van der Waals surface area contributed by atoms with E-state index in [9.17, 15) is 18.0 Å². The third-order valence-corrected chi connectivity index (χ3v) is 5.73. The van der Waals surface area contributed by atoms with Crippen molar-refractivity contribution in [1.29, 1.82) is 0 Å². The van der Waals surface area contributed by atoms with Crippen LogP contribution in [0.3, 0.4) is 0 Å². The quantitative estimate of drug-likeness (QED) is 0.495. The topological polar surface area (TPSA) is 103 Å². The highest BCUT2D eigenvalue weighted by molar-refractivity contribution is 6.34. The molecule has 2 heterocycles. The van der Waals surface area contributed by atoms with E-state index in [-0.39, 0.29) is 12.1 Å². The van der Waals surface area contributed by atoms with Gasteiger partial charge in [0.25, 0.3) is 5.91 Å². The van der Waals surface area contributed by atoms with Crippen LogP contribution in [-0.4, -0.2) is 46.9 Å². The number of amides is 1. The van der Waals surface area contributed by atoms with Gasteiger partial charge in [0.15, 0.2) is 5.82 Å². The molecule has 0 unspecified atom stereocenters. The van der Waals surface area contributed by atoms with Gasteiger partial charge in [0.05, 0.1) is 46.7 Å². The summed E-state index contributed by atoms with van der Waals surface area (Å²) in [5, 5.41) is 5.10. The molecule has 2 aromatic rings. The lowest BCUT2D eigenvalue weighted by Gasteiger charge is -2.37. The van der Waals surface area contributed by atoms with Crippen molar-refractivity contribution in [3.8, 4) is 0 Å². The summed E-state index contributed by atoms with van der Waals surface area (Å²) in [6.07, 6.45) is -2.62. The molecule has 0 spiro atoms. The number of aromatic nitrogens is 2. The molecule has 174 valence electrons. The molecule has 3 rings (SSSR count). The van der Waals surface area contributed by atoms with Gasteiger partial charge in [0.1, 0.15) is 0 Å². The standard InChI is InChI=1S/C20H24ClF3N6O2/c1-12-18(25)15(30(26)16-7-8-28(27-16)10-11-32-2)6-9-29(12)19(31)13-4-3-5-14(17(13)21)20(22,23)24/h3-5,7-8,12H,6,9-11,25-26H2,1-2H3/t12-/m0/s1. The molecule has 0 aliphatic carbocycles. The van der Waals surface area contributed by atoms with E-state index in [1.54, 1.807) is 31.0 Å². The van der Waals surface area contributed by atoms with E-state index in [4.69, 9.17) is 27.9 Å². The van der Waals surface area contributed by atoms with Crippen molar-refractivity contribution in [3.63, 3.8) is 0 Å². The van der Waals surface area contributed by atoms with E-state index >= 15 is 0 Å². The predicted octanol–water partition coefficient (Wildman–Crippen LogP) is 2.99. The fourth-order valence-corrected chi connectivity index (χ4v) is 3.82. The SMILES string of the molecule is COCCn1ccc(N(N)C2=C(N)[C@H](C)N(C(=O)c3cccc(C(F)(F)F)c3Cl)CC2)n1. The Morgan fingerprint density at radius 3 is 2.75 bits per heavy atom. The van der Waals surface area contributed by atoms with Gasteiger partial charge in [-0.15, -0.1) is 0 Å². The summed E-state index contributed by atoms with van der Waals surface area (Å²) in [4.78, 5) is 14.4. The molecule has 4 N–H and O–H groups in total. The van der Waals surface area contributed by atoms with Gasteiger partial charge in [-0.25, -0.2) is 5.84 Å². The Bertz CT molecular complexity index is 1020. The molecule has 0 saturated carbocycles. The Morgan fingerprint density at radius 1 is 1.38 bits per heavy atom. The second-order valence-electron chi connectivity index (χ2n) is 7.29. The number of halogens is 4. The molecule has 0 radical (unpaired) electrons. The van der Waals surface area contributed by atoms with E-state index in [1.807, 2.05) is 0 Å². The zero-order valence-corrected chi connectivity index (χ0v) is 18.3. The van der Waals surface area contributed by atoms with Crippen LogP contribution < -0.4 is 16.6 Å². The minimum atomic E-state index is -4.67. The summed E-state index contributed by atoms with van der Waals surface area (Å²) in [5.74, 6) is 6.06. The number of ether oxygens (including phenoxy) is 1. The summed E-state index contributed by atoms with van der Waals surface area (Å²) in [7, 11) is 1.59. The van der Waals surface area contributed by atoms with Gasteiger partial charge in [0.2, 0.25) is 0 Å². The zero-order chi connectivity index (χ0) is 23.6. The monoisotopic (exact) mass is 472 g/mol. The molecule has 32 heavy (non-hydrogen) atoms. The Hall–Kier alpha value is -2.76. The van der Waals surface area contributed by atoms with Gasteiger partial charge >= 0.3 is 6.18 Å². The predicted molar refractivity (Wildman–Crippen MR) is 114 cm³/mol. The average molecular weight is 473 g/mol. The van der Waals surface area contributed by atoms with Crippen molar-refractivity contribution in [3.05, 3.63) is 58.0 Å². The minimum Gasteiger partial charge on any atom is -0.399 e. The molecular weight excluding hydrogens is 449 g/mol. The van der Waals surface area contributed by atoms with E-state index in [0.29, 0.717) is 36.8 Å². The zero-order valence-electron chi connectivity index (χ0n) is 17.6. The Morgan fingerprint density at radius 2 is 2.09 bits per heavy atom. The lowest BCUT2D eigenvalue weighted by molar-refractivity contribution is -0.137. The first-order valence-electron chi connectivity index (χ1n) is 9.78. The molecule has 12 heteroatoms. The van der Waals surface area contributed by atoms with Crippen molar-refractivity contribution >= 4 is 23.3 Å². The Labute approximate surface area is 188 Å². The van der Waals surface area contributed by atoms with Crippen LogP contribution in [0.15, 0.2) is 41.9 Å². The normalized spacial score (nSPS) is 17.1. The number of carbonyl (C=O) groups is 1. The fourth-order valence-electron chi connectivity index (χ4n) is 3.51. The van der Waals surface area contributed by atoms with Gasteiger partial charge in [-0.1, -0.05) is 17.7 Å². The first-order valence-corrected chi connectivity index (χ1v) is 10.2. The number of carbonyl (C=O) groups excluding carboxylic acids is 1. The molecule has 0 fully saturated rings. The second kappa shape index (κ2) is 9.39. The van der Waals surface area contributed by atoms with Crippen LogP contribution in [0.2, 0.25) is 5.02 Å². The smallest absolute Gasteiger partial charge is 0.399 e. The summed E-state index contributed by atoms with van der Waals surface area (Å²) in [6, 6.07) is 4.37. The van der Waals surface area contributed by atoms with Gasteiger partial charge in [-0.2, -0.15) is 18.3 Å². The Kier molecular flexibility index (Phi) is 7.01. The maximum Gasteiger partial charge on any atom is 0.417 e. The lowest BCUT2D eigenvalue weighted by atomic mass is 10.0. The fraction of sp³-hybridized carbons (Fsp3) is 0.400. The third kappa shape index (κ3) is 4.69. The molecule has 1 atom stereocenters. The maximum absolute atomic E-state index is 13.2. The van der Waals surface area contributed by atoms with Crippen LogP contribution in [0.1, 0.15) is 29.3 Å². The maximum atomic E-state index is 13.2. The number of nitrogens with zero attached hydrogens (tertiary/aromatic N) is 4. The number of alkyl halides is 3. The molecule has 1 amide bonds. The summed E-state index contributed by atoms with van der Waals surface area (Å²) in [5.41, 5.74) is 5.90. The summed E-state index contributed by atoms with van der Waals surface area (Å²) < 4.78 is 46.2. The number of methoxy groups -OCH3 is 1. The highest BCUT2D eigenvalue weighted by Gasteiger charge is 2.37. The van der Waals surface area contributed by atoms with Crippen LogP contribution >= 0.6 is 11.6 Å². The number of hydrogen-bond acceptors (Lipinski definition) is 6. The summed E-state index contributed by atoms with van der Waals surface area (Å²) in [6.45, 7) is 2.91. The van der Waals surface area contributed by atoms with Crippen LogP contribution in [0, 0.1) is 0 Å². The molecule has 1 aliphatic heterocycles. The van der Waals surface area contributed by atoms with E-state index in [0.717, 1.165) is 12.1 Å². The van der Waals surface area contributed by atoms with Crippen molar-refractivity contribution in [2.45, 2.75) is 32.1 Å². The molecule has 8 nitrogen and oxygen atoms in total. The van der Waals surface area contributed by atoms with Crippen molar-refractivity contribution in [2.75, 3.05) is 25.3 Å². The van der Waals surface area contributed by atoms with Gasteiger partial charge in [-0.05, 0) is 19.1 Å². The van der Waals surface area contributed by atoms with Gasteiger partial charge in [-0.3, -0.25) is 14.5 Å². The number of benzene rings is 1. The Balaban J connectivity index is 1.83. The molecular formula is C20H24ClF3N6O2. The number of hydrogen-bond donors (Lipinski definition) is 2. The highest BCUT2D eigenvalue weighted by Crippen LogP contribution is 2.37. The largest absolute Gasteiger partial charge is 0.417 e. The summed E-state index contributed by atoms with van der Waals surface area (Å²) >= 11 is 5.93. The van der Waals surface area contributed by atoms with Crippen molar-refractivity contribution < 1.29 is 22.7 Å². The first kappa shape index (κ1) is 23.9. The number of rotatable bonds is 6. The van der Waals surface area contributed by atoms with E-state index in [1.165, 1.54) is 16.0 Å². The van der Waals surface area contributed by atoms with E-state index < -0.39 is 28.7 Å². The van der Waals surface area contributed by atoms with Crippen LogP contribution in [0.4, 0.5) is 19.0 Å². The van der Waals surface area contributed by atoms with Crippen molar-refractivity contribution in [2.24, 2.45) is 11.6 Å². The van der Waals surface area contributed by atoms with Crippen LogP contribution in [0.5, 0.6) is 0 Å². The van der Waals surface area contributed by atoms with Gasteiger partial charge < -0.3 is 15.4 Å². The van der Waals surface area contributed by atoms with Crippen molar-refractivity contribution in [1.82, 2.24) is 14.7 Å². The number of hydrazine groups is 1. The molecule has 1 aromatic heterocycles.